The molecule has 0 spiro atoms. The van der Waals surface area contributed by atoms with Gasteiger partial charge in [-0.2, -0.15) is 5.10 Å². The van der Waals surface area contributed by atoms with Gasteiger partial charge >= 0.3 is 0 Å². The van der Waals surface area contributed by atoms with Crippen LogP contribution in [0.5, 0.6) is 0 Å². The highest BCUT2D eigenvalue weighted by atomic mass is 16.5. The molecule has 0 amide bonds. The Morgan fingerprint density at radius 2 is 1.88 bits per heavy atom. The lowest BCUT2D eigenvalue weighted by Gasteiger charge is -2.37. The Hall–Kier alpha value is -4.37. The number of nitrogen functional groups attached to an aromatic ring is 1. The molecule has 0 saturated carbocycles. The highest BCUT2D eigenvalue weighted by Gasteiger charge is 2.25. The third-order valence-corrected chi connectivity index (χ3v) is 7.61. The van der Waals surface area contributed by atoms with Gasteiger partial charge in [-0.3, -0.25) is 14.6 Å². The summed E-state index contributed by atoms with van der Waals surface area (Å²) in [4.78, 5) is 14.5. The number of anilines is 2. The van der Waals surface area contributed by atoms with Crippen LogP contribution in [-0.2, 0) is 23.1 Å². The first-order chi connectivity index (χ1) is 19.8. The lowest BCUT2D eigenvalue weighted by atomic mass is 10.0. The van der Waals surface area contributed by atoms with Gasteiger partial charge in [0, 0.05) is 68.4 Å². The molecule has 5 rings (SSSR count). The monoisotopic (exact) mass is 553 g/mol. The predicted octanol–water partition coefficient (Wildman–Crippen LogP) is 5.16. The Kier molecular flexibility index (Phi) is 8.54. The summed E-state index contributed by atoms with van der Waals surface area (Å²) < 4.78 is 13.1. The summed E-state index contributed by atoms with van der Waals surface area (Å²) >= 11 is 0. The number of hydrogen-bond acceptors (Lipinski definition) is 8. The fraction of sp³-hybridized carbons (Fsp3) is 0.344. The van der Waals surface area contributed by atoms with E-state index in [9.17, 15) is 0 Å². The molecule has 0 bridgehead atoms. The van der Waals surface area contributed by atoms with Crippen LogP contribution in [0.3, 0.4) is 0 Å². The van der Waals surface area contributed by atoms with Gasteiger partial charge in [-0.1, -0.05) is 18.2 Å². The van der Waals surface area contributed by atoms with Crippen molar-refractivity contribution < 1.29 is 9.47 Å². The van der Waals surface area contributed by atoms with E-state index in [0.29, 0.717) is 6.04 Å². The lowest BCUT2D eigenvalue weighted by molar-refractivity contribution is 0.214. The Bertz CT molecular complexity index is 1560. The molecule has 2 N–H and O–H groups in total. The van der Waals surface area contributed by atoms with Gasteiger partial charge in [-0.15, -0.1) is 0 Å². The third kappa shape index (κ3) is 6.52. The van der Waals surface area contributed by atoms with Gasteiger partial charge in [-0.25, -0.2) is 4.98 Å². The minimum Gasteiger partial charge on any atom is -0.501 e. The van der Waals surface area contributed by atoms with Crippen molar-refractivity contribution in [2.75, 3.05) is 37.9 Å². The smallest absolute Gasteiger partial charge is 0.120 e. The van der Waals surface area contributed by atoms with E-state index in [0.717, 1.165) is 76.8 Å². The molecule has 214 valence electrons. The molecule has 0 saturated heterocycles. The van der Waals surface area contributed by atoms with E-state index in [1.54, 1.807) is 25.1 Å². The van der Waals surface area contributed by atoms with Crippen LogP contribution < -0.4 is 10.6 Å². The van der Waals surface area contributed by atoms with E-state index in [-0.39, 0.29) is 6.04 Å². The molecule has 1 atom stereocenters. The topological polar surface area (TPSA) is 94.6 Å². The molecular formula is C32H39N7O2. The first-order valence-electron chi connectivity index (χ1n) is 13.9. The molecule has 0 radical (unpaired) electrons. The maximum Gasteiger partial charge on any atom is 0.120 e. The number of aryl methyl sites for hydroxylation is 1. The number of allylic oxidation sites excluding steroid dienone is 1. The number of para-hydroxylation sites is 1. The zero-order valence-corrected chi connectivity index (χ0v) is 24.5. The Balaban J connectivity index is 1.49. The highest BCUT2D eigenvalue weighted by Crippen LogP contribution is 2.30. The van der Waals surface area contributed by atoms with Gasteiger partial charge in [0.05, 0.1) is 49.4 Å². The van der Waals surface area contributed by atoms with E-state index < -0.39 is 0 Å². The SMILES string of the molecule is COC1=CC(N(CCN(Cc2ccccc2N)C(C)C)c2ccc3ncc(-c4cnn(C)c4)nc3c2)CC(OC)=C1. The fourth-order valence-electron chi connectivity index (χ4n) is 5.20. The minimum atomic E-state index is 0.0348. The van der Waals surface area contributed by atoms with Crippen molar-refractivity contribution in [3.63, 3.8) is 0 Å². The van der Waals surface area contributed by atoms with E-state index in [1.807, 2.05) is 49.8 Å². The molecule has 1 aliphatic carbocycles. The van der Waals surface area contributed by atoms with Crippen LogP contribution in [-0.4, -0.2) is 64.0 Å². The quantitative estimate of drug-likeness (QED) is 0.255. The maximum absolute atomic E-state index is 6.31. The summed E-state index contributed by atoms with van der Waals surface area (Å²) in [5.41, 5.74) is 12.7. The maximum atomic E-state index is 6.31. The van der Waals surface area contributed by atoms with E-state index in [4.69, 9.17) is 20.2 Å². The van der Waals surface area contributed by atoms with E-state index >= 15 is 0 Å². The molecule has 9 heteroatoms. The average molecular weight is 554 g/mol. The van der Waals surface area contributed by atoms with Crippen molar-refractivity contribution in [3.05, 3.63) is 90.3 Å². The van der Waals surface area contributed by atoms with Crippen LogP contribution in [0.2, 0.25) is 0 Å². The zero-order chi connectivity index (χ0) is 28.9. The van der Waals surface area contributed by atoms with Crippen LogP contribution in [0.15, 0.2) is 84.7 Å². The molecule has 9 nitrogen and oxygen atoms in total. The number of fused-ring (bicyclic) bond motifs is 1. The van der Waals surface area contributed by atoms with E-state index in [2.05, 4.69) is 58.0 Å². The van der Waals surface area contributed by atoms with Crippen LogP contribution in [0.4, 0.5) is 11.4 Å². The summed E-state index contributed by atoms with van der Waals surface area (Å²) in [7, 11) is 5.30. The van der Waals surface area contributed by atoms with Crippen LogP contribution in [0.25, 0.3) is 22.3 Å². The summed E-state index contributed by atoms with van der Waals surface area (Å²) in [5, 5.41) is 4.29. The second-order valence-electron chi connectivity index (χ2n) is 10.6. The fourth-order valence-corrected chi connectivity index (χ4v) is 5.20. The van der Waals surface area contributed by atoms with Crippen molar-refractivity contribution in [3.8, 4) is 11.3 Å². The molecular weight excluding hydrogens is 514 g/mol. The number of ether oxygens (including phenoxy) is 2. The molecule has 2 aromatic heterocycles. The number of nitrogens with two attached hydrogens (primary N) is 1. The first-order valence-corrected chi connectivity index (χ1v) is 13.9. The van der Waals surface area contributed by atoms with Gasteiger partial charge < -0.3 is 20.1 Å². The van der Waals surface area contributed by atoms with Crippen molar-refractivity contribution in [1.82, 2.24) is 24.6 Å². The number of aromatic nitrogens is 4. The Morgan fingerprint density at radius 3 is 2.59 bits per heavy atom. The largest absolute Gasteiger partial charge is 0.501 e. The van der Waals surface area contributed by atoms with Crippen LogP contribution in [0.1, 0.15) is 25.8 Å². The highest BCUT2D eigenvalue weighted by molar-refractivity contribution is 5.81. The van der Waals surface area contributed by atoms with Crippen LogP contribution in [0, 0.1) is 0 Å². The Morgan fingerprint density at radius 1 is 1.05 bits per heavy atom. The summed E-state index contributed by atoms with van der Waals surface area (Å²) in [5.74, 6) is 1.68. The van der Waals surface area contributed by atoms with E-state index in [1.165, 1.54) is 0 Å². The van der Waals surface area contributed by atoms with Crippen molar-refractivity contribution in [1.29, 1.82) is 0 Å². The second-order valence-corrected chi connectivity index (χ2v) is 10.6. The van der Waals surface area contributed by atoms with Crippen molar-refractivity contribution in [2.45, 2.75) is 38.9 Å². The number of hydrogen-bond donors (Lipinski definition) is 1. The van der Waals surface area contributed by atoms with Crippen molar-refractivity contribution in [2.24, 2.45) is 7.05 Å². The standard InChI is InChI=1S/C32H39N7O2/c1-22(2)38(21-23-8-6-7-9-29(23)33)12-13-39(26-14-27(40-4)17-28(15-26)41-5)25-10-11-30-31(16-25)36-32(19-34-30)24-18-35-37(3)20-24/h6-11,14,16-20,22,26H,12-13,15,21,33H2,1-5H3. The molecule has 41 heavy (non-hydrogen) atoms. The first kappa shape index (κ1) is 28.2. The third-order valence-electron chi connectivity index (χ3n) is 7.61. The number of methoxy groups -OCH3 is 2. The van der Waals surface area contributed by atoms with Gasteiger partial charge in [0.1, 0.15) is 11.5 Å². The number of rotatable bonds is 11. The molecule has 2 heterocycles. The van der Waals surface area contributed by atoms with Gasteiger partial charge in [0.25, 0.3) is 0 Å². The van der Waals surface area contributed by atoms with Gasteiger partial charge in [0.2, 0.25) is 0 Å². The minimum absolute atomic E-state index is 0.0348. The summed E-state index contributed by atoms with van der Waals surface area (Å²) in [6.07, 6.45) is 10.4. The molecule has 1 aliphatic rings. The molecule has 4 aromatic rings. The second kappa shape index (κ2) is 12.4. The van der Waals surface area contributed by atoms with Crippen molar-refractivity contribution >= 4 is 22.4 Å². The molecule has 0 fully saturated rings. The summed E-state index contributed by atoms with van der Waals surface area (Å²) in [6.45, 7) is 6.85. The average Bonchev–Trinajstić information content (AvgIpc) is 3.43. The molecule has 1 unspecified atom stereocenters. The molecule has 0 aliphatic heterocycles. The predicted molar refractivity (Wildman–Crippen MR) is 164 cm³/mol. The zero-order valence-electron chi connectivity index (χ0n) is 24.5. The van der Waals surface area contributed by atoms with Crippen LogP contribution >= 0.6 is 0 Å². The lowest BCUT2D eigenvalue weighted by Crippen LogP contribution is -2.43. The van der Waals surface area contributed by atoms with Gasteiger partial charge in [0.15, 0.2) is 0 Å². The number of nitrogens with zero attached hydrogens (tertiary/aromatic N) is 6. The molecule has 2 aromatic carbocycles. The Labute approximate surface area is 241 Å². The summed E-state index contributed by atoms with van der Waals surface area (Å²) in [6, 6.07) is 14.8. The van der Waals surface area contributed by atoms with Gasteiger partial charge in [-0.05, 0) is 49.8 Å². The number of benzene rings is 2. The normalized spacial score (nSPS) is 15.2.